The van der Waals surface area contributed by atoms with E-state index in [2.05, 4.69) is 6.92 Å². The van der Waals surface area contributed by atoms with E-state index >= 15 is 0 Å². The summed E-state index contributed by atoms with van der Waals surface area (Å²) in [5.74, 6) is 0.869. The van der Waals surface area contributed by atoms with Gasteiger partial charge >= 0.3 is 0 Å². The van der Waals surface area contributed by atoms with Crippen LogP contribution in [0.15, 0.2) is 24.3 Å². The van der Waals surface area contributed by atoms with Crippen molar-refractivity contribution in [1.82, 2.24) is 0 Å². The maximum absolute atomic E-state index is 10.1. The predicted molar refractivity (Wildman–Crippen MR) is 80.5 cm³/mol. The second-order valence-corrected chi connectivity index (χ2v) is 5.45. The van der Waals surface area contributed by atoms with E-state index in [0.717, 1.165) is 24.2 Å². The van der Waals surface area contributed by atoms with Crippen LogP contribution >= 0.6 is 0 Å². The normalized spacial score (nSPS) is 12.7. The van der Waals surface area contributed by atoms with Crippen LogP contribution in [0.2, 0.25) is 0 Å². The molecule has 2 nitrogen and oxygen atoms in total. The lowest BCUT2D eigenvalue weighted by molar-refractivity contribution is 0.163. The maximum atomic E-state index is 10.1. The molecular formula is C17H28O2. The molecule has 0 aliphatic carbocycles. The van der Waals surface area contributed by atoms with Gasteiger partial charge < -0.3 is 9.84 Å². The van der Waals surface area contributed by atoms with Crippen LogP contribution in [0.1, 0.15) is 71.0 Å². The average Bonchev–Trinajstić information content (AvgIpc) is 2.38. The van der Waals surface area contributed by atoms with E-state index in [0.29, 0.717) is 0 Å². The van der Waals surface area contributed by atoms with E-state index in [1.165, 1.54) is 25.7 Å². The van der Waals surface area contributed by atoms with Crippen LogP contribution in [0.3, 0.4) is 0 Å². The molecule has 0 saturated carbocycles. The first-order chi connectivity index (χ1) is 9.13. The Bertz CT molecular complexity index is 330. The van der Waals surface area contributed by atoms with Crippen LogP contribution in [0.25, 0.3) is 0 Å². The molecule has 108 valence electrons. The van der Waals surface area contributed by atoms with E-state index in [9.17, 15) is 5.11 Å². The van der Waals surface area contributed by atoms with Crippen LogP contribution in [-0.4, -0.2) is 11.2 Å². The number of hydrogen-bond donors (Lipinski definition) is 1. The molecule has 1 N–H and O–H groups in total. The molecule has 19 heavy (non-hydrogen) atoms. The standard InChI is InChI=1S/C17H28O2/c1-4-5-6-7-8-9-17(18)15-10-12-16(13-11-15)19-14(2)3/h10-14,17-18H,4-9H2,1-3H3. The summed E-state index contributed by atoms with van der Waals surface area (Å²) in [7, 11) is 0. The first-order valence-electron chi connectivity index (χ1n) is 7.58. The molecule has 0 bridgehead atoms. The van der Waals surface area contributed by atoms with Crippen LogP contribution in [0.5, 0.6) is 5.75 Å². The van der Waals surface area contributed by atoms with Crippen molar-refractivity contribution in [1.29, 1.82) is 0 Å². The summed E-state index contributed by atoms with van der Waals surface area (Å²) >= 11 is 0. The Kier molecular flexibility index (Phi) is 7.57. The number of hydrogen-bond acceptors (Lipinski definition) is 2. The average molecular weight is 264 g/mol. The van der Waals surface area contributed by atoms with Crippen molar-refractivity contribution >= 4 is 0 Å². The fourth-order valence-corrected chi connectivity index (χ4v) is 2.15. The number of ether oxygens (including phenoxy) is 1. The molecule has 0 aliphatic rings. The van der Waals surface area contributed by atoms with Crippen LogP contribution in [0.4, 0.5) is 0 Å². The fraction of sp³-hybridized carbons (Fsp3) is 0.647. The monoisotopic (exact) mass is 264 g/mol. The molecule has 1 unspecified atom stereocenters. The zero-order valence-corrected chi connectivity index (χ0v) is 12.6. The number of rotatable bonds is 9. The summed E-state index contributed by atoms with van der Waals surface area (Å²) in [6.07, 6.45) is 6.88. The first kappa shape index (κ1) is 16.0. The van der Waals surface area contributed by atoms with E-state index in [1.54, 1.807) is 0 Å². The highest BCUT2D eigenvalue weighted by Crippen LogP contribution is 2.23. The molecular weight excluding hydrogens is 236 g/mol. The van der Waals surface area contributed by atoms with Gasteiger partial charge in [0.2, 0.25) is 0 Å². The van der Waals surface area contributed by atoms with Gasteiger partial charge in [0.15, 0.2) is 0 Å². The van der Waals surface area contributed by atoms with Crippen molar-refractivity contribution in [3.63, 3.8) is 0 Å². The molecule has 1 aromatic rings. The summed E-state index contributed by atoms with van der Waals surface area (Å²) in [4.78, 5) is 0. The Balaban J connectivity index is 2.33. The topological polar surface area (TPSA) is 29.5 Å². The number of benzene rings is 1. The number of aliphatic hydroxyl groups is 1. The minimum Gasteiger partial charge on any atom is -0.491 e. The maximum Gasteiger partial charge on any atom is 0.119 e. The molecule has 0 aromatic heterocycles. The Morgan fingerprint density at radius 1 is 1.00 bits per heavy atom. The fourth-order valence-electron chi connectivity index (χ4n) is 2.15. The van der Waals surface area contributed by atoms with Crippen LogP contribution in [0, 0.1) is 0 Å². The third kappa shape index (κ3) is 6.63. The van der Waals surface area contributed by atoms with Gasteiger partial charge in [-0.15, -0.1) is 0 Å². The molecule has 2 heteroatoms. The minimum atomic E-state index is -0.338. The molecule has 0 heterocycles. The molecule has 1 aromatic carbocycles. The molecule has 0 amide bonds. The van der Waals surface area contributed by atoms with Crippen molar-refractivity contribution in [2.75, 3.05) is 0 Å². The van der Waals surface area contributed by atoms with E-state index in [1.807, 2.05) is 38.1 Å². The van der Waals surface area contributed by atoms with E-state index in [4.69, 9.17) is 4.74 Å². The predicted octanol–water partition coefficient (Wildman–Crippen LogP) is 4.87. The summed E-state index contributed by atoms with van der Waals surface area (Å²) in [6, 6.07) is 7.81. The minimum absolute atomic E-state index is 0.189. The van der Waals surface area contributed by atoms with Gasteiger partial charge in [0.05, 0.1) is 12.2 Å². The second kappa shape index (κ2) is 8.98. The van der Waals surface area contributed by atoms with Crippen molar-refractivity contribution in [2.45, 2.75) is 71.5 Å². The Hall–Kier alpha value is -1.02. The van der Waals surface area contributed by atoms with Gasteiger partial charge in [-0.05, 0) is 38.0 Å². The molecule has 1 rings (SSSR count). The Morgan fingerprint density at radius 2 is 1.63 bits per heavy atom. The van der Waals surface area contributed by atoms with Crippen molar-refractivity contribution in [2.24, 2.45) is 0 Å². The van der Waals surface area contributed by atoms with Gasteiger partial charge in [-0.1, -0.05) is 51.2 Å². The van der Waals surface area contributed by atoms with Gasteiger partial charge in [0.1, 0.15) is 5.75 Å². The number of unbranched alkanes of at least 4 members (excludes halogenated alkanes) is 4. The lowest BCUT2D eigenvalue weighted by Crippen LogP contribution is -2.05. The van der Waals surface area contributed by atoms with Gasteiger partial charge in [-0.25, -0.2) is 0 Å². The van der Waals surface area contributed by atoms with Gasteiger partial charge in [-0.3, -0.25) is 0 Å². The largest absolute Gasteiger partial charge is 0.491 e. The SMILES string of the molecule is CCCCCCCC(O)c1ccc(OC(C)C)cc1. The zero-order valence-electron chi connectivity index (χ0n) is 12.6. The summed E-state index contributed by atoms with van der Waals surface area (Å²) in [6.45, 7) is 6.24. The van der Waals surface area contributed by atoms with Gasteiger partial charge in [0.25, 0.3) is 0 Å². The molecule has 0 aliphatic heterocycles. The van der Waals surface area contributed by atoms with Crippen molar-refractivity contribution in [3.8, 4) is 5.75 Å². The molecule has 0 radical (unpaired) electrons. The highest BCUT2D eigenvalue weighted by molar-refractivity contribution is 5.28. The molecule has 1 atom stereocenters. The van der Waals surface area contributed by atoms with Gasteiger partial charge in [0, 0.05) is 0 Å². The molecule has 0 saturated heterocycles. The lowest BCUT2D eigenvalue weighted by Gasteiger charge is -2.13. The summed E-state index contributed by atoms with van der Waals surface area (Å²) in [5.41, 5.74) is 0.992. The highest BCUT2D eigenvalue weighted by atomic mass is 16.5. The van der Waals surface area contributed by atoms with E-state index in [-0.39, 0.29) is 12.2 Å². The van der Waals surface area contributed by atoms with Crippen LogP contribution < -0.4 is 4.74 Å². The molecule has 0 fully saturated rings. The van der Waals surface area contributed by atoms with Crippen LogP contribution in [-0.2, 0) is 0 Å². The third-order valence-corrected chi connectivity index (χ3v) is 3.22. The van der Waals surface area contributed by atoms with Gasteiger partial charge in [-0.2, -0.15) is 0 Å². The Morgan fingerprint density at radius 3 is 2.21 bits per heavy atom. The second-order valence-electron chi connectivity index (χ2n) is 5.45. The summed E-state index contributed by atoms with van der Waals surface area (Å²) < 4.78 is 5.59. The summed E-state index contributed by atoms with van der Waals surface area (Å²) in [5, 5.41) is 10.1. The zero-order chi connectivity index (χ0) is 14.1. The molecule has 0 spiro atoms. The highest BCUT2D eigenvalue weighted by Gasteiger charge is 2.07. The third-order valence-electron chi connectivity index (χ3n) is 3.22. The lowest BCUT2D eigenvalue weighted by atomic mass is 10.0. The Labute approximate surface area is 117 Å². The smallest absolute Gasteiger partial charge is 0.119 e. The van der Waals surface area contributed by atoms with Crippen molar-refractivity contribution < 1.29 is 9.84 Å². The quantitative estimate of drug-likeness (QED) is 0.645. The first-order valence-corrected chi connectivity index (χ1v) is 7.58. The number of aliphatic hydroxyl groups excluding tert-OH is 1. The van der Waals surface area contributed by atoms with Crippen molar-refractivity contribution in [3.05, 3.63) is 29.8 Å². The van der Waals surface area contributed by atoms with E-state index < -0.39 is 0 Å².